The lowest BCUT2D eigenvalue weighted by Gasteiger charge is -2.28. The van der Waals surface area contributed by atoms with Crippen molar-refractivity contribution in [3.8, 4) is 11.5 Å². The van der Waals surface area contributed by atoms with Crippen molar-refractivity contribution < 1.29 is 34.1 Å². The van der Waals surface area contributed by atoms with E-state index < -0.39 is 29.7 Å². The lowest BCUT2D eigenvalue weighted by molar-refractivity contribution is -0.621. The van der Waals surface area contributed by atoms with Crippen LogP contribution in [-0.2, 0) is 16.1 Å². The second-order valence-corrected chi connectivity index (χ2v) is 6.89. The molecule has 1 atom stereocenters. The summed E-state index contributed by atoms with van der Waals surface area (Å²) >= 11 is 0. The third-order valence-electron chi connectivity index (χ3n) is 5.25. The van der Waals surface area contributed by atoms with Crippen molar-refractivity contribution in [3.05, 3.63) is 46.2 Å². The van der Waals surface area contributed by atoms with Gasteiger partial charge in [0.2, 0.25) is 11.8 Å². The van der Waals surface area contributed by atoms with Crippen LogP contribution in [0.2, 0.25) is 0 Å². The number of urea groups is 1. The first kappa shape index (κ1) is 21.1. The molecule has 1 aliphatic heterocycles. The van der Waals surface area contributed by atoms with Gasteiger partial charge in [-0.1, -0.05) is 6.07 Å². The number of carbonyl (C=O) groups is 3. The monoisotopic (exact) mass is 418 g/mol. The number of aliphatic hydroxyl groups is 1. The number of nitrogens with zero attached hydrogens (tertiary/aromatic N) is 2. The van der Waals surface area contributed by atoms with Gasteiger partial charge in [0, 0.05) is 13.8 Å². The predicted octanol–water partition coefficient (Wildman–Crippen LogP) is -0.441. The molecule has 2 aromatic rings. The molecule has 160 valence electrons. The van der Waals surface area contributed by atoms with Crippen LogP contribution in [0.3, 0.4) is 0 Å². The maximum Gasteiger partial charge on any atom is 0.328 e. The molecule has 4 N–H and O–H groups in total. The van der Waals surface area contributed by atoms with Crippen LogP contribution in [0.4, 0.5) is 4.79 Å². The highest BCUT2D eigenvalue weighted by molar-refractivity contribution is 6.16. The number of imide groups is 2. The first-order valence-corrected chi connectivity index (χ1v) is 9.13. The van der Waals surface area contributed by atoms with Crippen molar-refractivity contribution in [2.24, 2.45) is 5.92 Å². The Labute approximate surface area is 171 Å². The third-order valence-corrected chi connectivity index (χ3v) is 5.25. The maximum atomic E-state index is 13.0. The number of rotatable bonds is 6. The maximum absolute atomic E-state index is 13.0. The summed E-state index contributed by atoms with van der Waals surface area (Å²) in [6.07, 6.45) is 0. The van der Waals surface area contributed by atoms with Gasteiger partial charge in [-0.2, -0.15) is 0 Å². The fourth-order valence-corrected chi connectivity index (χ4v) is 3.68. The van der Waals surface area contributed by atoms with Gasteiger partial charge >= 0.3 is 6.03 Å². The number of hydrogen-bond donors (Lipinski definition) is 4. The van der Waals surface area contributed by atoms with E-state index in [0.29, 0.717) is 21.7 Å². The number of ether oxygens (including phenoxy) is 1. The largest absolute Gasteiger partial charge is 0.711 e. The van der Waals surface area contributed by atoms with E-state index in [-0.39, 0.29) is 30.5 Å². The topological polar surface area (TPSA) is 157 Å². The summed E-state index contributed by atoms with van der Waals surface area (Å²) in [5.74, 6) is -4.37. The van der Waals surface area contributed by atoms with Gasteiger partial charge < -0.3 is 20.2 Å². The summed E-state index contributed by atoms with van der Waals surface area (Å²) < 4.78 is 7.26. The van der Waals surface area contributed by atoms with Crippen LogP contribution < -0.4 is 20.1 Å². The molecule has 11 nitrogen and oxygen atoms in total. The Morgan fingerprint density at radius 3 is 2.43 bits per heavy atom. The minimum Gasteiger partial charge on any atom is -0.711 e. The normalized spacial score (nSPS) is 15.7. The number of aliphatic hydroxyl groups excluding tert-OH is 1. The minimum atomic E-state index is -1.46. The number of aromatic hydroxyl groups is 1. The Morgan fingerprint density at radius 2 is 1.87 bits per heavy atom. The van der Waals surface area contributed by atoms with Crippen LogP contribution >= 0.6 is 0 Å². The molecule has 1 aliphatic rings. The van der Waals surface area contributed by atoms with E-state index >= 15 is 0 Å². The van der Waals surface area contributed by atoms with Gasteiger partial charge in [-0.05, 0) is 17.7 Å². The molecule has 3 rings (SSSR count). The van der Waals surface area contributed by atoms with Gasteiger partial charge in [0.25, 0.3) is 5.82 Å². The van der Waals surface area contributed by atoms with E-state index in [1.165, 1.54) is 29.9 Å². The van der Waals surface area contributed by atoms with Crippen molar-refractivity contribution in [2.75, 3.05) is 13.7 Å². The number of phenols is 1. The quantitative estimate of drug-likeness (QED) is 0.281. The highest BCUT2D eigenvalue weighted by Crippen LogP contribution is 2.37. The summed E-state index contributed by atoms with van der Waals surface area (Å²) in [5.41, 5.74) is 1.22. The highest BCUT2D eigenvalue weighted by atomic mass is 16.5. The van der Waals surface area contributed by atoms with Gasteiger partial charge in [0.15, 0.2) is 11.5 Å². The summed E-state index contributed by atoms with van der Waals surface area (Å²) in [4.78, 5) is 36.8. The lowest BCUT2D eigenvalue weighted by atomic mass is 9.82. The second kappa shape index (κ2) is 8.03. The number of imidazole rings is 1. The zero-order chi connectivity index (χ0) is 22.2. The van der Waals surface area contributed by atoms with Gasteiger partial charge in [0.1, 0.15) is 29.8 Å². The van der Waals surface area contributed by atoms with Crippen LogP contribution in [-0.4, -0.2) is 46.3 Å². The van der Waals surface area contributed by atoms with E-state index in [2.05, 4.69) is 10.6 Å². The van der Waals surface area contributed by atoms with Crippen molar-refractivity contribution in [3.63, 3.8) is 0 Å². The lowest BCUT2D eigenvalue weighted by Crippen LogP contribution is -2.58. The van der Waals surface area contributed by atoms with Gasteiger partial charge in [-0.25, -0.2) is 14.1 Å². The van der Waals surface area contributed by atoms with Crippen LogP contribution in [0, 0.1) is 25.0 Å². The molecule has 1 aromatic heterocycles. The van der Waals surface area contributed by atoms with Gasteiger partial charge in [-0.15, -0.1) is 0 Å². The Kier molecular flexibility index (Phi) is 5.65. The number of carbonyl (C=O) groups excluding carboxylic acids is 3. The van der Waals surface area contributed by atoms with Crippen molar-refractivity contribution >= 4 is 17.8 Å². The summed E-state index contributed by atoms with van der Waals surface area (Å²) in [5, 5.41) is 36.6. The van der Waals surface area contributed by atoms with Crippen molar-refractivity contribution in [1.29, 1.82) is 0 Å². The number of phenolic OH excluding ortho intramolecular Hbond substituents is 1. The molecule has 1 aromatic carbocycles. The number of aromatic nitrogens is 2. The number of benzene rings is 1. The number of methoxy groups -OCH3 is 1. The SMILES string of the molecule is COc1cc(C(c2n(CCO)c(C)c(C)[n+]2[O-])C2C(=O)NC(=O)NC2=O)ccc1O. The number of barbiturate groups is 1. The molecule has 4 amide bonds. The molecular weight excluding hydrogens is 396 g/mol. The summed E-state index contributed by atoms with van der Waals surface area (Å²) in [7, 11) is 1.34. The smallest absolute Gasteiger partial charge is 0.328 e. The van der Waals surface area contributed by atoms with Crippen LogP contribution in [0.25, 0.3) is 0 Å². The molecule has 0 bridgehead atoms. The summed E-state index contributed by atoms with van der Waals surface area (Å²) in [6, 6.07) is 3.24. The van der Waals surface area contributed by atoms with E-state index in [1.54, 1.807) is 13.8 Å². The predicted molar refractivity (Wildman–Crippen MR) is 102 cm³/mol. The number of hydrogen-bond acceptors (Lipinski definition) is 7. The molecule has 0 spiro atoms. The Bertz CT molecular complexity index is 1010. The van der Waals surface area contributed by atoms with Crippen LogP contribution in [0.15, 0.2) is 18.2 Å². The minimum absolute atomic E-state index is 0.0384. The van der Waals surface area contributed by atoms with E-state index in [9.17, 15) is 29.8 Å². The molecule has 2 heterocycles. The molecule has 0 radical (unpaired) electrons. The number of amides is 4. The molecule has 1 unspecified atom stereocenters. The zero-order valence-corrected chi connectivity index (χ0v) is 16.6. The van der Waals surface area contributed by atoms with Crippen LogP contribution in [0.5, 0.6) is 11.5 Å². The third kappa shape index (κ3) is 3.43. The van der Waals surface area contributed by atoms with Gasteiger partial charge in [0.05, 0.1) is 13.7 Å². The van der Waals surface area contributed by atoms with E-state index in [1.807, 2.05) is 0 Å². The Morgan fingerprint density at radius 1 is 1.23 bits per heavy atom. The average Bonchev–Trinajstić information content (AvgIpc) is 2.89. The summed E-state index contributed by atoms with van der Waals surface area (Å²) in [6.45, 7) is 3.04. The van der Waals surface area contributed by atoms with Gasteiger partial charge in [-0.3, -0.25) is 20.2 Å². The molecular formula is C19H22N4O7. The molecule has 11 heteroatoms. The fraction of sp³-hybridized carbons (Fsp3) is 0.368. The van der Waals surface area contributed by atoms with E-state index in [0.717, 1.165) is 0 Å². The average molecular weight is 418 g/mol. The first-order chi connectivity index (χ1) is 14.2. The molecule has 1 fully saturated rings. The molecule has 0 saturated carbocycles. The second-order valence-electron chi connectivity index (χ2n) is 6.89. The van der Waals surface area contributed by atoms with Crippen molar-refractivity contribution in [2.45, 2.75) is 26.3 Å². The first-order valence-electron chi connectivity index (χ1n) is 9.13. The Hall–Kier alpha value is -3.60. The number of nitrogens with one attached hydrogen (secondary N) is 2. The molecule has 30 heavy (non-hydrogen) atoms. The fourth-order valence-electron chi connectivity index (χ4n) is 3.68. The highest BCUT2D eigenvalue weighted by Gasteiger charge is 2.47. The molecule has 1 saturated heterocycles. The van der Waals surface area contributed by atoms with E-state index in [4.69, 9.17) is 4.74 Å². The standard InChI is InChI=1S/C19H22N4O7/c1-9-10(2)23(29)18(22(9)6-7-24)14(11-4-5-12(25)13(8-11)30-3)15-16(26)20-19(28)21-17(15)27/h4-5,8,14-15,24-25H,6-7H2,1-3H3,(H2,20,21,26,27,28). The zero-order valence-electron chi connectivity index (χ0n) is 16.6. The van der Waals surface area contributed by atoms with Crippen LogP contribution in [0.1, 0.15) is 28.7 Å². The Balaban J connectivity index is 2.29. The molecule has 0 aliphatic carbocycles. The van der Waals surface area contributed by atoms with Crippen molar-refractivity contribution in [1.82, 2.24) is 15.2 Å².